The zero-order valence-electron chi connectivity index (χ0n) is 11.6. The van der Waals surface area contributed by atoms with Crippen molar-refractivity contribution in [1.29, 1.82) is 0 Å². The van der Waals surface area contributed by atoms with E-state index in [0.29, 0.717) is 23.9 Å². The minimum atomic E-state index is -0.0441. The molecule has 3 rings (SSSR count). The first kappa shape index (κ1) is 14.1. The highest BCUT2D eigenvalue weighted by Gasteiger charge is 2.20. The van der Waals surface area contributed by atoms with E-state index in [2.05, 4.69) is 14.9 Å². The van der Waals surface area contributed by atoms with E-state index in [9.17, 15) is 4.79 Å². The van der Waals surface area contributed by atoms with Crippen LogP contribution in [0.3, 0.4) is 0 Å². The molecule has 1 aromatic heterocycles. The lowest BCUT2D eigenvalue weighted by atomic mass is 10.1. The van der Waals surface area contributed by atoms with Gasteiger partial charge in [-0.3, -0.25) is 9.69 Å². The smallest absolute Gasteiger partial charge is 0.254 e. The van der Waals surface area contributed by atoms with Crippen LogP contribution in [0.1, 0.15) is 11.3 Å². The van der Waals surface area contributed by atoms with E-state index in [0.717, 1.165) is 36.3 Å². The Kier molecular flexibility index (Phi) is 3.94. The quantitative estimate of drug-likeness (QED) is 0.667. The second-order valence-electron chi connectivity index (χ2n) is 5.18. The SMILES string of the molecule is Nc1ccc(-c2nc3c(c(=O)[nH]2)CCN(CCCl)C3)cc1. The molecule has 1 aromatic carbocycles. The van der Waals surface area contributed by atoms with Crippen molar-refractivity contribution in [3.8, 4) is 11.4 Å². The number of aromatic amines is 1. The number of aromatic nitrogens is 2. The summed E-state index contributed by atoms with van der Waals surface area (Å²) in [5.74, 6) is 1.18. The van der Waals surface area contributed by atoms with Crippen molar-refractivity contribution >= 4 is 17.3 Å². The number of halogens is 1. The number of nitrogens with two attached hydrogens (primary N) is 1. The summed E-state index contributed by atoms with van der Waals surface area (Å²) in [5, 5.41) is 0. The molecule has 0 atom stereocenters. The largest absolute Gasteiger partial charge is 0.399 e. The predicted molar refractivity (Wildman–Crippen MR) is 84.4 cm³/mol. The first-order valence-electron chi connectivity index (χ1n) is 6.93. The number of fused-ring (bicyclic) bond motifs is 1. The summed E-state index contributed by atoms with van der Waals surface area (Å²) < 4.78 is 0. The van der Waals surface area contributed by atoms with Crippen molar-refractivity contribution in [2.45, 2.75) is 13.0 Å². The number of anilines is 1. The van der Waals surface area contributed by atoms with Crippen molar-refractivity contribution in [3.05, 3.63) is 45.9 Å². The summed E-state index contributed by atoms with van der Waals surface area (Å²) in [6, 6.07) is 7.32. The molecule has 6 heteroatoms. The van der Waals surface area contributed by atoms with Gasteiger partial charge in [0, 0.05) is 42.3 Å². The van der Waals surface area contributed by atoms with Crippen LogP contribution in [0, 0.1) is 0 Å². The van der Waals surface area contributed by atoms with Crippen LogP contribution < -0.4 is 11.3 Å². The molecule has 0 bridgehead atoms. The molecule has 110 valence electrons. The molecule has 0 radical (unpaired) electrons. The minimum Gasteiger partial charge on any atom is -0.399 e. The Morgan fingerprint density at radius 3 is 2.81 bits per heavy atom. The predicted octanol–water partition coefficient (Wildman–Crippen LogP) is 1.62. The fourth-order valence-electron chi connectivity index (χ4n) is 2.58. The standard InChI is InChI=1S/C15H17ClN4O/c16-6-8-20-7-5-12-13(9-20)18-14(19-15(12)21)10-1-3-11(17)4-2-10/h1-4H,5-9,17H2,(H,18,19,21). The molecule has 3 N–H and O–H groups in total. The first-order chi connectivity index (χ1) is 10.2. The molecule has 5 nitrogen and oxygen atoms in total. The Bertz CT molecular complexity index is 696. The van der Waals surface area contributed by atoms with E-state index in [4.69, 9.17) is 17.3 Å². The monoisotopic (exact) mass is 304 g/mol. The fourth-order valence-corrected chi connectivity index (χ4v) is 2.82. The van der Waals surface area contributed by atoms with Crippen LogP contribution in [0.15, 0.2) is 29.1 Å². The number of hydrogen-bond donors (Lipinski definition) is 2. The van der Waals surface area contributed by atoms with E-state index >= 15 is 0 Å². The lowest BCUT2D eigenvalue weighted by Gasteiger charge is -2.26. The van der Waals surface area contributed by atoms with Crippen LogP contribution in [0.5, 0.6) is 0 Å². The molecule has 2 heterocycles. The van der Waals surface area contributed by atoms with E-state index in [1.165, 1.54) is 0 Å². The third-order valence-electron chi connectivity index (χ3n) is 3.74. The van der Waals surface area contributed by atoms with Crippen LogP contribution in [0.25, 0.3) is 11.4 Å². The van der Waals surface area contributed by atoms with Gasteiger partial charge in [0.25, 0.3) is 5.56 Å². The van der Waals surface area contributed by atoms with Gasteiger partial charge in [-0.15, -0.1) is 11.6 Å². The molecule has 21 heavy (non-hydrogen) atoms. The number of nitrogen functional groups attached to an aromatic ring is 1. The molecular weight excluding hydrogens is 288 g/mol. The molecule has 0 amide bonds. The van der Waals surface area contributed by atoms with Crippen LogP contribution in [0.4, 0.5) is 5.69 Å². The maximum absolute atomic E-state index is 12.2. The van der Waals surface area contributed by atoms with Crippen LogP contribution >= 0.6 is 11.6 Å². The van der Waals surface area contributed by atoms with E-state index in [1.54, 1.807) is 12.1 Å². The van der Waals surface area contributed by atoms with Gasteiger partial charge in [0.15, 0.2) is 0 Å². The Balaban J connectivity index is 1.98. The van der Waals surface area contributed by atoms with E-state index in [1.807, 2.05) is 12.1 Å². The summed E-state index contributed by atoms with van der Waals surface area (Å²) in [7, 11) is 0. The van der Waals surface area contributed by atoms with E-state index < -0.39 is 0 Å². The number of hydrogen-bond acceptors (Lipinski definition) is 4. The Morgan fingerprint density at radius 2 is 2.10 bits per heavy atom. The molecule has 0 saturated carbocycles. The zero-order valence-corrected chi connectivity index (χ0v) is 12.4. The van der Waals surface area contributed by atoms with Gasteiger partial charge >= 0.3 is 0 Å². The highest BCUT2D eigenvalue weighted by atomic mass is 35.5. The van der Waals surface area contributed by atoms with Gasteiger partial charge < -0.3 is 10.7 Å². The van der Waals surface area contributed by atoms with Gasteiger partial charge in [-0.25, -0.2) is 4.98 Å². The molecule has 0 saturated heterocycles. The summed E-state index contributed by atoms with van der Waals surface area (Å²) in [6.07, 6.45) is 0.719. The number of alkyl halides is 1. The fraction of sp³-hybridized carbons (Fsp3) is 0.333. The van der Waals surface area contributed by atoms with E-state index in [-0.39, 0.29) is 5.56 Å². The zero-order chi connectivity index (χ0) is 14.8. The number of nitrogens with zero attached hydrogens (tertiary/aromatic N) is 2. The third kappa shape index (κ3) is 2.94. The Hall–Kier alpha value is -1.85. The second kappa shape index (κ2) is 5.87. The topological polar surface area (TPSA) is 75.0 Å². The highest BCUT2D eigenvalue weighted by Crippen LogP contribution is 2.19. The molecule has 1 aliphatic rings. The maximum Gasteiger partial charge on any atom is 0.254 e. The molecular formula is C15H17ClN4O. The first-order valence-corrected chi connectivity index (χ1v) is 7.47. The van der Waals surface area contributed by atoms with Crippen LogP contribution in [0.2, 0.25) is 0 Å². The van der Waals surface area contributed by atoms with Crippen molar-refractivity contribution in [3.63, 3.8) is 0 Å². The molecule has 0 spiro atoms. The molecule has 0 unspecified atom stereocenters. The second-order valence-corrected chi connectivity index (χ2v) is 5.55. The van der Waals surface area contributed by atoms with Crippen LogP contribution in [-0.4, -0.2) is 33.8 Å². The summed E-state index contributed by atoms with van der Waals surface area (Å²) >= 11 is 5.79. The Morgan fingerprint density at radius 1 is 1.33 bits per heavy atom. The maximum atomic E-state index is 12.2. The van der Waals surface area contributed by atoms with Crippen molar-refractivity contribution in [2.75, 3.05) is 24.7 Å². The number of nitrogens with one attached hydrogen (secondary N) is 1. The number of H-pyrrole nitrogens is 1. The number of rotatable bonds is 3. The Labute approximate surface area is 127 Å². The van der Waals surface area contributed by atoms with Gasteiger partial charge in [0.1, 0.15) is 5.82 Å². The van der Waals surface area contributed by atoms with Gasteiger partial charge in [-0.05, 0) is 30.7 Å². The summed E-state index contributed by atoms with van der Waals surface area (Å²) in [4.78, 5) is 21.9. The average molecular weight is 305 g/mol. The molecule has 0 fully saturated rings. The van der Waals surface area contributed by atoms with Crippen molar-refractivity contribution < 1.29 is 0 Å². The summed E-state index contributed by atoms with van der Waals surface area (Å²) in [6.45, 7) is 2.34. The molecule has 2 aromatic rings. The third-order valence-corrected chi connectivity index (χ3v) is 3.91. The van der Waals surface area contributed by atoms with Gasteiger partial charge in [-0.2, -0.15) is 0 Å². The highest BCUT2D eigenvalue weighted by molar-refractivity contribution is 6.18. The average Bonchev–Trinajstić information content (AvgIpc) is 2.48. The van der Waals surface area contributed by atoms with Gasteiger partial charge in [0.05, 0.1) is 5.69 Å². The number of benzene rings is 1. The normalized spacial score (nSPS) is 14.9. The summed E-state index contributed by atoms with van der Waals surface area (Å²) in [5.41, 5.74) is 8.83. The van der Waals surface area contributed by atoms with Gasteiger partial charge in [0.2, 0.25) is 0 Å². The van der Waals surface area contributed by atoms with Gasteiger partial charge in [-0.1, -0.05) is 0 Å². The van der Waals surface area contributed by atoms with Crippen molar-refractivity contribution in [1.82, 2.24) is 14.9 Å². The lowest BCUT2D eigenvalue weighted by Crippen LogP contribution is -2.36. The minimum absolute atomic E-state index is 0.0441. The molecule has 1 aliphatic heterocycles. The van der Waals surface area contributed by atoms with Crippen LogP contribution in [-0.2, 0) is 13.0 Å². The van der Waals surface area contributed by atoms with Crippen molar-refractivity contribution in [2.24, 2.45) is 0 Å². The molecule has 0 aliphatic carbocycles. The lowest BCUT2D eigenvalue weighted by molar-refractivity contribution is 0.264.